The van der Waals surface area contributed by atoms with Gasteiger partial charge in [-0.15, -0.1) is 0 Å². The largest absolute Gasteiger partial charge is 0.343 e. The van der Waals surface area contributed by atoms with Crippen molar-refractivity contribution >= 4 is 0 Å². The molecule has 0 radical (unpaired) electrons. The summed E-state index contributed by atoms with van der Waals surface area (Å²) in [6.45, 7) is 8.84. The standard InChI is InChI=1S/C16H20N2/c1-14-11-13-18(15(2)17-14)12-7-6-10-16-8-4-3-5-9-16/h3-5,8-9,11,13,17H,1-2,6-7,10,12H2. The number of nitrogens with zero attached hydrogens (tertiary/aromatic N) is 1. The van der Waals surface area contributed by atoms with Crippen molar-refractivity contribution in [2.24, 2.45) is 0 Å². The lowest BCUT2D eigenvalue weighted by atomic mass is 10.1. The van der Waals surface area contributed by atoms with Gasteiger partial charge in [-0.3, -0.25) is 0 Å². The van der Waals surface area contributed by atoms with E-state index in [-0.39, 0.29) is 0 Å². The van der Waals surface area contributed by atoms with Crippen molar-refractivity contribution in [1.29, 1.82) is 0 Å². The molecule has 1 aliphatic rings. The molecule has 0 saturated heterocycles. The Labute approximate surface area is 109 Å². The Morgan fingerprint density at radius 2 is 1.83 bits per heavy atom. The number of hydrogen-bond acceptors (Lipinski definition) is 2. The molecule has 0 amide bonds. The van der Waals surface area contributed by atoms with Gasteiger partial charge < -0.3 is 10.2 Å². The van der Waals surface area contributed by atoms with Crippen molar-refractivity contribution in [2.45, 2.75) is 19.3 Å². The second-order valence-corrected chi connectivity index (χ2v) is 4.55. The monoisotopic (exact) mass is 240 g/mol. The molecule has 94 valence electrons. The predicted octanol–water partition coefficient (Wildman–Crippen LogP) is 3.41. The quantitative estimate of drug-likeness (QED) is 0.793. The van der Waals surface area contributed by atoms with Crippen LogP contribution in [0.3, 0.4) is 0 Å². The first kappa shape index (κ1) is 12.5. The molecule has 0 saturated carbocycles. The smallest absolute Gasteiger partial charge is 0.102 e. The van der Waals surface area contributed by atoms with E-state index in [1.54, 1.807) is 0 Å². The Bertz CT molecular complexity index is 445. The third kappa shape index (κ3) is 3.52. The van der Waals surface area contributed by atoms with Crippen molar-refractivity contribution in [3.63, 3.8) is 0 Å². The maximum Gasteiger partial charge on any atom is 0.102 e. The Kier molecular flexibility index (Phi) is 4.24. The Balaban J connectivity index is 1.71. The van der Waals surface area contributed by atoms with Crippen LogP contribution in [0.15, 0.2) is 67.3 Å². The van der Waals surface area contributed by atoms with Crippen LogP contribution in [0.1, 0.15) is 18.4 Å². The number of allylic oxidation sites excluding steroid dienone is 1. The van der Waals surface area contributed by atoms with Crippen LogP contribution in [0.25, 0.3) is 0 Å². The van der Waals surface area contributed by atoms with Gasteiger partial charge in [-0.25, -0.2) is 0 Å². The summed E-state index contributed by atoms with van der Waals surface area (Å²) in [5.41, 5.74) is 2.32. The van der Waals surface area contributed by atoms with E-state index < -0.39 is 0 Å². The molecule has 0 atom stereocenters. The molecule has 2 heteroatoms. The predicted molar refractivity (Wildman–Crippen MR) is 76.6 cm³/mol. The summed E-state index contributed by atoms with van der Waals surface area (Å²) >= 11 is 0. The van der Waals surface area contributed by atoms with E-state index in [9.17, 15) is 0 Å². The molecule has 0 aromatic heterocycles. The molecule has 0 unspecified atom stereocenters. The van der Waals surface area contributed by atoms with E-state index in [1.165, 1.54) is 12.0 Å². The minimum Gasteiger partial charge on any atom is -0.343 e. The minimum absolute atomic E-state index is 0.903. The van der Waals surface area contributed by atoms with E-state index in [0.29, 0.717) is 0 Å². The van der Waals surface area contributed by atoms with E-state index in [2.05, 4.69) is 53.7 Å². The van der Waals surface area contributed by atoms with Crippen molar-refractivity contribution in [2.75, 3.05) is 6.54 Å². The molecule has 1 heterocycles. The summed E-state index contributed by atoms with van der Waals surface area (Å²) in [6.07, 6.45) is 7.52. The maximum atomic E-state index is 3.99. The van der Waals surface area contributed by atoms with Gasteiger partial charge in [0, 0.05) is 18.4 Å². The van der Waals surface area contributed by atoms with Gasteiger partial charge in [0.05, 0.1) is 0 Å². The zero-order valence-corrected chi connectivity index (χ0v) is 10.7. The summed E-state index contributed by atoms with van der Waals surface area (Å²) < 4.78 is 0. The number of aryl methyl sites for hydroxylation is 1. The lowest BCUT2D eigenvalue weighted by Crippen LogP contribution is -2.30. The third-order valence-corrected chi connectivity index (χ3v) is 3.06. The molecule has 2 rings (SSSR count). The number of unbranched alkanes of at least 4 members (excludes halogenated alkanes) is 1. The van der Waals surface area contributed by atoms with Crippen molar-refractivity contribution in [3.05, 3.63) is 72.8 Å². The van der Waals surface area contributed by atoms with E-state index in [1.807, 2.05) is 12.3 Å². The molecule has 18 heavy (non-hydrogen) atoms. The fraction of sp³-hybridized carbons (Fsp3) is 0.250. The van der Waals surface area contributed by atoms with Crippen LogP contribution in [-0.4, -0.2) is 11.4 Å². The Hall–Kier alpha value is -1.96. The lowest BCUT2D eigenvalue weighted by Gasteiger charge is -2.27. The van der Waals surface area contributed by atoms with Gasteiger partial charge in [0.1, 0.15) is 5.82 Å². The highest BCUT2D eigenvalue weighted by Gasteiger charge is 2.08. The highest BCUT2D eigenvalue weighted by molar-refractivity contribution is 5.23. The first-order valence-corrected chi connectivity index (χ1v) is 6.39. The lowest BCUT2D eigenvalue weighted by molar-refractivity contribution is 0.414. The summed E-state index contributed by atoms with van der Waals surface area (Å²) in [4.78, 5) is 2.14. The number of rotatable bonds is 5. The summed E-state index contributed by atoms with van der Waals surface area (Å²) in [7, 11) is 0. The van der Waals surface area contributed by atoms with Crippen LogP contribution < -0.4 is 5.32 Å². The van der Waals surface area contributed by atoms with Crippen LogP contribution in [0.5, 0.6) is 0 Å². The minimum atomic E-state index is 0.903. The van der Waals surface area contributed by atoms with E-state index in [0.717, 1.165) is 30.9 Å². The van der Waals surface area contributed by atoms with Gasteiger partial charge in [-0.05, 0) is 30.9 Å². The fourth-order valence-corrected chi connectivity index (χ4v) is 2.03. The second kappa shape index (κ2) is 6.10. The summed E-state index contributed by atoms with van der Waals surface area (Å²) in [6, 6.07) is 10.6. The molecule has 1 aliphatic heterocycles. The Morgan fingerprint density at radius 1 is 1.06 bits per heavy atom. The van der Waals surface area contributed by atoms with E-state index >= 15 is 0 Å². The summed E-state index contributed by atoms with van der Waals surface area (Å²) in [5, 5.41) is 3.14. The van der Waals surface area contributed by atoms with Crippen molar-refractivity contribution < 1.29 is 0 Å². The van der Waals surface area contributed by atoms with Crippen molar-refractivity contribution in [1.82, 2.24) is 10.2 Å². The normalized spacial score (nSPS) is 14.8. The zero-order valence-electron chi connectivity index (χ0n) is 10.7. The van der Waals surface area contributed by atoms with Crippen LogP contribution in [-0.2, 0) is 6.42 Å². The molecule has 0 spiro atoms. The average Bonchev–Trinajstić information content (AvgIpc) is 2.38. The number of hydrogen-bond donors (Lipinski definition) is 1. The van der Waals surface area contributed by atoms with Crippen LogP contribution in [0.4, 0.5) is 0 Å². The van der Waals surface area contributed by atoms with Crippen LogP contribution >= 0.6 is 0 Å². The summed E-state index contributed by atoms with van der Waals surface area (Å²) in [5.74, 6) is 0.919. The van der Waals surface area contributed by atoms with Gasteiger partial charge in [-0.2, -0.15) is 0 Å². The van der Waals surface area contributed by atoms with Gasteiger partial charge in [0.2, 0.25) is 0 Å². The first-order valence-electron chi connectivity index (χ1n) is 6.39. The first-order chi connectivity index (χ1) is 8.75. The highest BCUT2D eigenvalue weighted by atomic mass is 15.2. The molecular formula is C16H20N2. The maximum absolute atomic E-state index is 3.99. The zero-order chi connectivity index (χ0) is 12.8. The SMILES string of the molecule is C=C1C=CN(CCCCc2ccccc2)C(=C)N1. The Morgan fingerprint density at radius 3 is 2.56 bits per heavy atom. The van der Waals surface area contributed by atoms with Gasteiger partial charge in [0.15, 0.2) is 0 Å². The molecule has 1 N–H and O–H groups in total. The van der Waals surface area contributed by atoms with Crippen LogP contribution in [0, 0.1) is 0 Å². The van der Waals surface area contributed by atoms with Gasteiger partial charge >= 0.3 is 0 Å². The molecule has 0 aliphatic carbocycles. The van der Waals surface area contributed by atoms with Gasteiger partial charge in [0.25, 0.3) is 0 Å². The molecule has 0 fully saturated rings. The molecular weight excluding hydrogens is 220 g/mol. The third-order valence-electron chi connectivity index (χ3n) is 3.06. The van der Waals surface area contributed by atoms with Crippen LogP contribution in [0.2, 0.25) is 0 Å². The highest BCUT2D eigenvalue weighted by Crippen LogP contribution is 2.12. The fourth-order valence-electron chi connectivity index (χ4n) is 2.03. The molecule has 1 aromatic carbocycles. The molecule has 1 aromatic rings. The topological polar surface area (TPSA) is 15.3 Å². The van der Waals surface area contributed by atoms with Crippen molar-refractivity contribution in [3.8, 4) is 0 Å². The van der Waals surface area contributed by atoms with E-state index in [4.69, 9.17) is 0 Å². The second-order valence-electron chi connectivity index (χ2n) is 4.55. The molecule has 2 nitrogen and oxygen atoms in total. The van der Waals surface area contributed by atoms with Gasteiger partial charge in [-0.1, -0.05) is 43.5 Å². The average molecular weight is 240 g/mol. The number of nitrogens with one attached hydrogen (secondary N) is 1. The molecule has 0 bridgehead atoms. The number of benzene rings is 1.